The fourth-order valence-corrected chi connectivity index (χ4v) is 4.36. The van der Waals surface area contributed by atoms with E-state index < -0.39 is 23.1 Å². The van der Waals surface area contributed by atoms with Gasteiger partial charge in [0.05, 0.1) is 11.8 Å². The number of aromatic nitrogens is 1. The van der Waals surface area contributed by atoms with Crippen molar-refractivity contribution in [3.63, 3.8) is 0 Å². The normalized spacial score (nSPS) is 11.3. The van der Waals surface area contributed by atoms with Crippen molar-refractivity contribution in [2.75, 3.05) is 38.2 Å². The molecule has 0 aliphatic carbocycles. The molecule has 0 fully saturated rings. The molecule has 0 aliphatic rings. The highest BCUT2D eigenvalue weighted by molar-refractivity contribution is 7.22. The van der Waals surface area contributed by atoms with E-state index in [2.05, 4.69) is 9.88 Å². The van der Waals surface area contributed by atoms with Crippen molar-refractivity contribution in [3.8, 4) is 5.75 Å². The van der Waals surface area contributed by atoms with Gasteiger partial charge in [-0.3, -0.25) is 9.69 Å². The lowest BCUT2D eigenvalue weighted by Crippen LogP contribution is -2.39. The number of carbonyl (C=O) groups is 1. The van der Waals surface area contributed by atoms with E-state index in [-0.39, 0.29) is 6.54 Å². The summed E-state index contributed by atoms with van der Waals surface area (Å²) in [5, 5.41) is 0.386. The second kappa shape index (κ2) is 9.49. The molecule has 5 nitrogen and oxygen atoms in total. The first-order chi connectivity index (χ1) is 14.4. The summed E-state index contributed by atoms with van der Waals surface area (Å²) in [5.41, 5.74) is 1.05. The van der Waals surface area contributed by atoms with Crippen molar-refractivity contribution in [2.24, 2.45) is 0 Å². The van der Waals surface area contributed by atoms with Crippen molar-refractivity contribution >= 4 is 32.6 Å². The summed E-state index contributed by atoms with van der Waals surface area (Å²) >= 11 is 1.31. The van der Waals surface area contributed by atoms with Crippen molar-refractivity contribution in [2.45, 2.75) is 20.8 Å². The third kappa shape index (κ3) is 4.29. The molecule has 0 spiro atoms. The minimum Gasteiger partial charge on any atom is -0.494 e. The highest BCUT2D eigenvalue weighted by Crippen LogP contribution is 2.37. The second-order valence-electron chi connectivity index (χ2n) is 6.84. The fourth-order valence-electron chi connectivity index (χ4n) is 3.28. The third-order valence-corrected chi connectivity index (χ3v) is 6.31. The second-order valence-corrected chi connectivity index (χ2v) is 7.82. The molecule has 1 amide bonds. The Balaban J connectivity index is 2.09. The molecule has 3 aromatic rings. The average molecular weight is 434 g/mol. The summed E-state index contributed by atoms with van der Waals surface area (Å²) < 4.78 is 35.0. The number of hydrogen-bond donors (Lipinski definition) is 0. The van der Waals surface area contributed by atoms with Crippen molar-refractivity contribution < 1.29 is 18.3 Å². The van der Waals surface area contributed by atoms with Crippen LogP contribution in [-0.2, 0) is 0 Å². The van der Waals surface area contributed by atoms with Crippen LogP contribution >= 0.6 is 11.3 Å². The summed E-state index contributed by atoms with van der Waals surface area (Å²) in [7, 11) is 1.56. The first-order valence-corrected chi connectivity index (χ1v) is 10.6. The monoisotopic (exact) mass is 433 g/mol. The lowest BCUT2D eigenvalue weighted by atomic mass is 10.1. The number of carbonyl (C=O) groups excluding carboxylic acids is 1. The molecule has 8 heteroatoms. The molecule has 0 bridgehead atoms. The van der Waals surface area contributed by atoms with Crippen molar-refractivity contribution in [1.29, 1.82) is 0 Å². The van der Waals surface area contributed by atoms with Gasteiger partial charge >= 0.3 is 0 Å². The first-order valence-electron chi connectivity index (χ1n) is 9.83. The summed E-state index contributed by atoms with van der Waals surface area (Å²) in [6.45, 7) is 8.42. The molecule has 0 saturated carbocycles. The molecular weight excluding hydrogens is 408 g/mol. The number of amides is 1. The quantitative estimate of drug-likeness (QED) is 0.508. The van der Waals surface area contributed by atoms with E-state index in [9.17, 15) is 13.6 Å². The number of benzene rings is 2. The number of halogens is 2. The zero-order valence-electron chi connectivity index (χ0n) is 17.5. The zero-order chi connectivity index (χ0) is 21.8. The molecule has 0 unspecified atom stereocenters. The number of ether oxygens (including phenoxy) is 1. The Hall–Kier alpha value is -2.58. The van der Waals surface area contributed by atoms with Crippen LogP contribution in [0.25, 0.3) is 10.2 Å². The van der Waals surface area contributed by atoms with Crippen LogP contribution in [0.2, 0.25) is 0 Å². The van der Waals surface area contributed by atoms with E-state index in [1.165, 1.54) is 22.3 Å². The topological polar surface area (TPSA) is 45.7 Å². The van der Waals surface area contributed by atoms with Gasteiger partial charge in [-0.2, -0.15) is 0 Å². The third-order valence-electron chi connectivity index (χ3n) is 5.10. The zero-order valence-corrected chi connectivity index (χ0v) is 18.4. The number of hydrogen-bond acceptors (Lipinski definition) is 5. The molecule has 0 radical (unpaired) electrons. The van der Waals surface area contributed by atoms with Crippen molar-refractivity contribution in [3.05, 3.63) is 53.1 Å². The largest absolute Gasteiger partial charge is 0.494 e. The van der Waals surface area contributed by atoms with E-state index in [1.807, 2.05) is 32.9 Å². The van der Waals surface area contributed by atoms with Gasteiger partial charge in [0.15, 0.2) is 5.13 Å². The van der Waals surface area contributed by atoms with E-state index in [4.69, 9.17) is 4.74 Å². The average Bonchev–Trinajstić information content (AvgIpc) is 3.17. The molecule has 30 heavy (non-hydrogen) atoms. The molecule has 160 valence electrons. The number of aryl methyl sites for hydroxylation is 1. The predicted octanol–water partition coefficient (Wildman–Crippen LogP) is 4.88. The Morgan fingerprint density at radius 3 is 2.37 bits per heavy atom. The van der Waals surface area contributed by atoms with Crippen LogP contribution in [-0.4, -0.2) is 49.1 Å². The summed E-state index contributed by atoms with van der Waals surface area (Å²) in [4.78, 5) is 21.4. The lowest BCUT2D eigenvalue weighted by Gasteiger charge is -2.25. The Labute approximate surface area is 178 Å². The SMILES string of the molecule is CCN(CC)CCN(C(=O)c1c(F)cccc1F)c1nc2c(OC)ccc(C)c2s1. The molecule has 1 aromatic heterocycles. The van der Waals surface area contributed by atoms with Crippen LogP contribution in [0.3, 0.4) is 0 Å². The highest BCUT2D eigenvalue weighted by atomic mass is 32.1. The van der Waals surface area contributed by atoms with Crippen LogP contribution in [0.4, 0.5) is 13.9 Å². The van der Waals surface area contributed by atoms with Crippen LogP contribution < -0.4 is 9.64 Å². The molecule has 0 atom stereocenters. The minimum atomic E-state index is -0.886. The number of fused-ring (bicyclic) bond motifs is 1. The van der Waals surface area contributed by atoms with Crippen LogP contribution in [0, 0.1) is 18.6 Å². The van der Waals surface area contributed by atoms with Crippen LogP contribution in [0.5, 0.6) is 5.75 Å². The summed E-state index contributed by atoms with van der Waals surface area (Å²) in [6, 6.07) is 7.16. The molecule has 1 heterocycles. The Morgan fingerprint density at radius 2 is 1.77 bits per heavy atom. The lowest BCUT2D eigenvalue weighted by molar-refractivity contribution is 0.0975. The summed E-state index contributed by atoms with van der Waals surface area (Å²) in [5.74, 6) is -1.93. The van der Waals surface area contributed by atoms with Gasteiger partial charge in [0.1, 0.15) is 28.5 Å². The molecule has 0 saturated heterocycles. The number of nitrogens with zero attached hydrogens (tertiary/aromatic N) is 3. The highest BCUT2D eigenvalue weighted by Gasteiger charge is 2.27. The molecule has 0 aliphatic heterocycles. The Morgan fingerprint density at radius 1 is 1.10 bits per heavy atom. The maximum atomic E-state index is 14.4. The van der Waals surface area contributed by atoms with Gasteiger partial charge in [-0.1, -0.05) is 37.3 Å². The van der Waals surface area contributed by atoms with Gasteiger partial charge in [-0.05, 0) is 43.8 Å². The fraction of sp³-hybridized carbons (Fsp3) is 0.364. The van der Waals surface area contributed by atoms with Gasteiger partial charge in [0, 0.05) is 13.1 Å². The van der Waals surface area contributed by atoms with E-state index in [1.54, 1.807) is 7.11 Å². The first kappa shape index (κ1) is 22.1. The van der Waals surface area contributed by atoms with Crippen LogP contribution in [0.1, 0.15) is 29.8 Å². The van der Waals surface area contributed by atoms with Gasteiger partial charge in [-0.25, -0.2) is 13.8 Å². The maximum Gasteiger partial charge on any atom is 0.266 e. The van der Waals surface area contributed by atoms with Crippen molar-refractivity contribution in [1.82, 2.24) is 9.88 Å². The standard InChI is InChI=1S/C22H25F2N3O2S/c1-5-26(6-2)12-13-27(21(28)18-15(23)8-7-9-16(18)24)22-25-19-17(29-4)11-10-14(3)20(19)30-22/h7-11H,5-6,12-13H2,1-4H3. The molecule has 3 rings (SSSR count). The smallest absolute Gasteiger partial charge is 0.266 e. The number of likely N-dealkylation sites (N-methyl/N-ethyl adjacent to an activating group) is 1. The molecule has 0 N–H and O–H groups in total. The van der Waals surface area contributed by atoms with E-state index in [0.29, 0.717) is 22.9 Å². The summed E-state index contributed by atoms with van der Waals surface area (Å²) in [6.07, 6.45) is 0. The van der Waals surface area contributed by atoms with Gasteiger partial charge in [-0.15, -0.1) is 0 Å². The van der Waals surface area contributed by atoms with E-state index in [0.717, 1.165) is 35.5 Å². The van der Waals surface area contributed by atoms with E-state index >= 15 is 0 Å². The molecular formula is C22H25F2N3O2S. The maximum absolute atomic E-state index is 14.4. The Kier molecular flexibility index (Phi) is 6.99. The minimum absolute atomic E-state index is 0.259. The number of thiazole rings is 1. The van der Waals surface area contributed by atoms with Gasteiger partial charge < -0.3 is 9.64 Å². The number of rotatable bonds is 8. The predicted molar refractivity (Wildman–Crippen MR) is 117 cm³/mol. The Bertz CT molecular complexity index is 1030. The number of anilines is 1. The van der Waals surface area contributed by atoms with Crippen LogP contribution in [0.15, 0.2) is 30.3 Å². The van der Waals surface area contributed by atoms with Gasteiger partial charge in [0.2, 0.25) is 0 Å². The van der Waals surface area contributed by atoms with Gasteiger partial charge in [0.25, 0.3) is 5.91 Å². The molecule has 2 aromatic carbocycles. The number of methoxy groups -OCH3 is 1.